The van der Waals surface area contributed by atoms with E-state index < -0.39 is 0 Å². The Labute approximate surface area is 131 Å². The van der Waals surface area contributed by atoms with Gasteiger partial charge >= 0.3 is 6.01 Å². The van der Waals surface area contributed by atoms with Gasteiger partial charge < -0.3 is 10.1 Å². The first-order valence-corrected chi connectivity index (χ1v) is 7.30. The van der Waals surface area contributed by atoms with Gasteiger partial charge in [0.2, 0.25) is 11.9 Å². The number of nitrogen functional groups attached to an aromatic ring is 1. The first kappa shape index (κ1) is 15.5. The highest BCUT2D eigenvalue weighted by molar-refractivity contribution is 9.10. The van der Waals surface area contributed by atoms with Crippen molar-refractivity contribution < 1.29 is 4.74 Å². The molecule has 0 spiro atoms. The summed E-state index contributed by atoms with van der Waals surface area (Å²) >= 11 is 3.43. The maximum Gasteiger partial charge on any atom is 0.323 e. The van der Waals surface area contributed by atoms with E-state index in [4.69, 9.17) is 10.6 Å². The summed E-state index contributed by atoms with van der Waals surface area (Å²) in [5.74, 6) is 5.98. The Morgan fingerprint density at radius 3 is 2.67 bits per heavy atom. The SMILES string of the molecule is CCCOc1nc(NN)nc(Nc2ccc(Br)cc2C)n1. The summed E-state index contributed by atoms with van der Waals surface area (Å²) in [5, 5.41) is 3.13. The van der Waals surface area contributed by atoms with Crippen LogP contribution in [0.15, 0.2) is 22.7 Å². The smallest absolute Gasteiger partial charge is 0.323 e. The van der Waals surface area contributed by atoms with Crippen LogP contribution < -0.4 is 21.3 Å². The van der Waals surface area contributed by atoms with Gasteiger partial charge in [0.15, 0.2) is 0 Å². The predicted octanol–water partition coefficient (Wildman–Crippen LogP) is 2.76. The van der Waals surface area contributed by atoms with Gasteiger partial charge in [0.25, 0.3) is 0 Å². The zero-order valence-electron chi connectivity index (χ0n) is 11.9. The van der Waals surface area contributed by atoms with Crippen molar-refractivity contribution in [2.45, 2.75) is 20.3 Å². The van der Waals surface area contributed by atoms with Crippen LogP contribution in [-0.4, -0.2) is 21.6 Å². The number of anilines is 3. The van der Waals surface area contributed by atoms with Crippen LogP contribution in [0.3, 0.4) is 0 Å². The number of rotatable bonds is 6. The maximum absolute atomic E-state index is 5.42. The Kier molecular flexibility index (Phi) is 5.29. The molecule has 2 rings (SSSR count). The molecule has 2 aromatic rings. The van der Waals surface area contributed by atoms with E-state index in [-0.39, 0.29) is 12.0 Å². The first-order chi connectivity index (χ1) is 10.1. The van der Waals surface area contributed by atoms with Crippen LogP contribution in [-0.2, 0) is 0 Å². The number of hydrazine groups is 1. The number of aryl methyl sites for hydroxylation is 1. The Balaban J connectivity index is 2.25. The van der Waals surface area contributed by atoms with Crippen molar-refractivity contribution in [2.75, 3.05) is 17.3 Å². The normalized spacial score (nSPS) is 10.3. The standard InChI is InChI=1S/C13H17BrN6O/c1-3-6-21-13-18-11(17-12(19-13)20-15)16-10-5-4-9(14)7-8(10)2/h4-5,7H,3,6,15H2,1-2H3,(H2,16,17,18,19,20). The number of hydrogen-bond acceptors (Lipinski definition) is 7. The van der Waals surface area contributed by atoms with Crippen LogP contribution in [0.2, 0.25) is 0 Å². The van der Waals surface area contributed by atoms with Crippen molar-refractivity contribution in [3.05, 3.63) is 28.2 Å². The minimum atomic E-state index is 0.233. The lowest BCUT2D eigenvalue weighted by Gasteiger charge is -2.11. The van der Waals surface area contributed by atoms with Gasteiger partial charge in [0.05, 0.1) is 6.61 Å². The van der Waals surface area contributed by atoms with Crippen molar-refractivity contribution >= 4 is 33.5 Å². The molecule has 0 bridgehead atoms. The molecule has 1 heterocycles. The van der Waals surface area contributed by atoms with E-state index in [1.54, 1.807) is 0 Å². The third-order valence-electron chi connectivity index (χ3n) is 2.61. The van der Waals surface area contributed by atoms with Gasteiger partial charge in [-0.15, -0.1) is 0 Å². The molecule has 0 aliphatic heterocycles. The zero-order valence-corrected chi connectivity index (χ0v) is 13.4. The number of benzene rings is 1. The molecular formula is C13H17BrN6O. The van der Waals surface area contributed by atoms with Gasteiger partial charge in [-0.1, -0.05) is 22.9 Å². The third kappa shape index (κ3) is 4.27. The van der Waals surface area contributed by atoms with Gasteiger partial charge in [-0.2, -0.15) is 15.0 Å². The summed E-state index contributed by atoms with van der Waals surface area (Å²) in [6.45, 7) is 4.53. The molecule has 0 unspecified atom stereocenters. The summed E-state index contributed by atoms with van der Waals surface area (Å²) in [7, 11) is 0. The lowest BCUT2D eigenvalue weighted by atomic mass is 10.2. The molecule has 0 aliphatic rings. The Morgan fingerprint density at radius 1 is 1.24 bits per heavy atom. The van der Waals surface area contributed by atoms with Crippen LogP contribution in [0.25, 0.3) is 0 Å². The number of nitrogens with two attached hydrogens (primary N) is 1. The number of ether oxygens (including phenoxy) is 1. The number of nitrogens with one attached hydrogen (secondary N) is 2. The molecule has 0 atom stereocenters. The lowest BCUT2D eigenvalue weighted by molar-refractivity contribution is 0.292. The van der Waals surface area contributed by atoms with Crippen LogP contribution in [0.1, 0.15) is 18.9 Å². The van der Waals surface area contributed by atoms with E-state index in [1.165, 1.54) is 0 Å². The molecule has 4 N–H and O–H groups in total. The Hall–Kier alpha value is -1.93. The molecule has 0 fully saturated rings. The number of hydrogen-bond donors (Lipinski definition) is 3. The average molecular weight is 353 g/mol. The molecule has 0 radical (unpaired) electrons. The fourth-order valence-corrected chi connectivity index (χ4v) is 2.10. The predicted molar refractivity (Wildman–Crippen MR) is 85.6 cm³/mol. The van der Waals surface area contributed by atoms with Crippen LogP contribution in [0.5, 0.6) is 6.01 Å². The fourth-order valence-electron chi connectivity index (χ4n) is 1.62. The molecule has 0 amide bonds. The van der Waals surface area contributed by atoms with Gasteiger partial charge in [-0.05, 0) is 37.1 Å². The summed E-state index contributed by atoms with van der Waals surface area (Å²) < 4.78 is 6.43. The lowest BCUT2D eigenvalue weighted by Crippen LogP contribution is -2.14. The maximum atomic E-state index is 5.42. The number of halogens is 1. The monoisotopic (exact) mass is 352 g/mol. The van der Waals surface area contributed by atoms with E-state index in [0.29, 0.717) is 12.6 Å². The van der Waals surface area contributed by atoms with Crippen molar-refractivity contribution in [2.24, 2.45) is 5.84 Å². The van der Waals surface area contributed by atoms with Crippen molar-refractivity contribution in [3.8, 4) is 6.01 Å². The molecule has 0 aliphatic carbocycles. The summed E-state index contributed by atoms with van der Waals surface area (Å²) in [6, 6.07) is 6.11. The second kappa shape index (κ2) is 7.19. The van der Waals surface area contributed by atoms with E-state index in [0.717, 1.165) is 22.1 Å². The van der Waals surface area contributed by atoms with Gasteiger partial charge in [-0.3, -0.25) is 5.43 Å². The minimum Gasteiger partial charge on any atom is -0.463 e. The second-order valence-electron chi connectivity index (χ2n) is 4.34. The molecule has 8 heteroatoms. The summed E-state index contributed by atoms with van der Waals surface area (Å²) in [5.41, 5.74) is 4.36. The highest BCUT2D eigenvalue weighted by atomic mass is 79.9. The number of aromatic nitrogens is 3. The Morgan fingerprint density at radius 2 is 2.00 bits per heavy atom. The third-order valence-corrected chi connectivity index (χ3v) is 3.11. The molecular weight excluding hydrogens is 336 g/mol. The Bertz CT molecular complexity index is 622. The molecule has 1 aromatic carbocycles. The van der Waals surface area contributed by atoms with Gasteiger partial charge in [0, 0.05) is 10.2 Å². The van der Waals surface area contributed by atoms with Gasteiger partial charge in [0.1, 0.15) is 0 Å². The van der Waals surface area contributed by atoms with Crippen LogP contribution in [0, 0.1) is 6.92 Å². The highest BCUT2D eigenvalue weighted by Gasteiger charge is 2.08. The first-order valence-electron chi connectivity index (χ1n) is 6.51. The molecule has 21 heavy (non-hydrogen) atoms. The molecule has 1 aromatic heterocycles. The van der Waals surface area contributed by atoms with E-state index >= 15 is 0 Å². The van der Waals surface area contributed by atoms with E-state index in [9.17, 15) is 0 Å². The van der Waals surface area contributed by atoms with Crippen molar-refractivity contribution in [1.29, 1.82) is 0 Å². The van der Waals surface area contributed by atoms with Crippen LogP contribution >= 0.6 is 15.9 Å². The minimum absolute atomic E-state index is 0.233. The molecule has 0 saturated heterocycles. The van der Waals surface area contributed by atoms with E-state index in [1.807, 2.05) is 32.0 Å². The summed E-state index contributed by atoms with van der Waals surface area (Å²) in [4.78, 5) is 12.4. The topological polar surface area (TPSA) is 98.0 Å². The highest BCUT2D eigenvalue weighted by Crippen LogP contribution is 2.23. The molecule has 112 valence electrons. The van der Waals surface area contributed by atoms with Crippen LogP contribution in [0.4, 0.5) is 17.6 Å². The summed E-state index contributed by atoms with van der Waals surface area (Å²) in [6.07, 6.45) is 0.867. The van der Waals surface area contributed by atoms with Gasteiger partial charge in [-0.25, -0.2) is 5.84 Å². The van der Waals surface area contributed by atoms with Crippen molar-refractivity contribution in [3.63, 3.8) is 0 Å². The van der Waals surface area contributed by atoms with E-state index in [2.05, 4.69) is 41.6 Å². The largest absolute Gasteiger partial charge is 0.463 e. The molecule has 7 nitrogen and oxygen atoms in total. The number of nitrogens with zero attached hydrogens (tertiary/aromatic N) is 3. The quantitative estimate of drug-likeness (QED) is 0.543. The molecule has 0 saturated carbocycles. The van der Waals surface area contributed by atoms with Crippen molar-refractivity contribution in [1.82, 2.24) is 15.0 Å². The average Bonchev–Trinajstić information content (AvgIpc) is 2.48. The fraction of sp³-hybridized carbons (Fsp3) is 0.308. The zero-order chi connectivity index (χ0) is 15.2. The second-order valence-corrected chi connectivity index (χ2v) is 5.26.